The number of rotatable bonds is 3. The molecule has 0 bridgehead atoms. The van der Waals surface area contributed by atoms with Crippen molar-refractivity contribution < 1.29 is 13.2 Å². The Balaban J connectivity index is 1.81. The molecule has 3 aromatic heterocycles. The van der Waals surface area contributed by atoms with Crippen molar-refractivity contribution in [2.75, 3.05) is 0 Å². The summed E-state index contributed by atoms with van der Waals surface area (Å²) in [7, 11) is 0. The second-order valence-electron chi connectivity index (χ2n) is 7.66. The first kappa shape index (κ1) is 19.6. The van der Waals surface area contributed by atoms with Gasteiger partial charge in [0.05, 0.1) is 23.0 Å². The van der Waals surface area contributed by atoms with Gasteiger partial charge >= 0.3 is 6.18 Å². The summed E-state index contributed by atoms with van der Waals surface area (Å²) in [5, 5.41) is 5.21. The second kappa shape index (κ2) is 7.27. The zero-order chi connectivity index (χ0) is 20.8. The number of halogens is 3. The summed E-state index contributed by atoms with van der Waals surface area (Å²) in [6, 6.07) is 1.89. The van der Waals surface area contributed by atoms with Crippen molar-refractivity contribution in [3.63, 3.8) is 0 Å². The monoisotopic (exact) mass is 405 g/mol. The molecule has 0 radical (unpaired) electrons. The maximum Gasteiger partial charge on any atom is 0.417 e. The smallest absolute Gasteiger partial charge is 0.310 e. The molecule has 3 heterocycles. The Bertz CT molecular complexity index is 1080. The van der Waals surface area contributed by atoms with Crippen LogP contribution in [0.5, 0.6) is 0 Å². The first-order chi connectivity index (χ1) is 13.8. The normalized spacial score (nSPS) is 17.0. The number of hydrogen-bond donors (Lipinski definition) is 1. The number of pyridine rings is 1. The van der Waals surface area contributed by atoms with Crippen LogP contribution in [0, 0.1) is 6.92 Å². The van der Waals surface area contributed by atoms with Gasteiger partial charge in [0.2, 0.25) is 0 Å². The van der Waals surface area contributed by atoms with E-state index in [1.54, 1.807) is 18.5 Å². The van der Waals surface area contributed by atoms with Crippen molar-refractivity contribution in [3.8, 4) is 0 Å². The van der Waals surface area contributed by atoms with Crippen molar-refractivity contribution >= 4 is 11.0 Å². The Morgan fingerprint density at radius 2 is 1.93 bits per heavy atom. The molecule has 1 saturated carbocycles. The zero-order valence-corrected chi connectivity index (χ0v) is 16.3. The van der Waals surface area contributed by atoms with Gasteiger partial charge in [-0.25, -0.2) is 9.67 Å². The highest BCUT2D eigenvalue weighted by Gasteiger charge is 2.31. The molecule has 1 fully saturated rings. The lowest BCUT2D eigenvalue weighted by Crippen LogP contribution is -2.14. The number of alkyl halides is 3. The fourth-order valence-electron chi connectivity index (χ4n) is 4.06. The van der Waals surface area contributed by atoms with Crippen LogP contribution in [0.15, 0.2) is 23.1 Å². The summed E-state index contributed by atoms with van der Waals surface area (Å²) < 4.78 is 40.2. The number of nitrogens with one attached hydrogen (secondary N) is 1. The van der Waals surface area contributed by atoms with Crippen molar-refractivity contribution in [2.45, 2.75) is 64.1 Å². The first-order valence-electron chi connectivity index (χ1n) is 9.78. The van der Waals surface area contributed by atoms with Gasteiger partial charge in [-0.2, -0.15) is 18.3 Å². The van der Waals surface area contributed by atoms with Crippen LogP contribution in [-0.2, 0) is 6.18 Å². The minimum Gasteiger partial charge on any atom is -0.310 e. The quantitative estimate of drug-likeness (QED) is 0.696. The van der Waals surface area contributed by atoms with Crippen LogP contribution in [0.25, 0.3) is 11.0 Å². The lowest BCUT2D eigenvalue weighted by atomic mass is 9.86. The van der Waals surface area contributed by atoms with E-state index in [0.29, 0.717) is 22.6 Å². The standard InChI is InChI=1S/C20H22F3N5O/c1-11(15-9-8-14(10-24-15)20(21,22)23)28-18-16(19(29)26-12(2)25-18)17(27-28)13-6-4-3-5-7-13/h8-11,13H,3-7H2,1-2H3,(H,25,26,29). The second-order valence-corrected chi connectivity index (χ2v) is 7.66. The third kappa shape index (κ3) is 3.65. The average molecular weight is 405 g/mol. The Morgan fingerprint density at radius 3 is 2.55 bits per heavy atom. The molecule has 0 aliphatic heterocycles. The van der Waals surface area contributed by atoms with Crippen LogP contribution in [0.3, 0.4) is 0 Å². The molecule has 0 amide bonds. The van der Waals surface area contributed by atoms with Crippen molar-refractivity contribution in [3.05, 3.63) is 51.5 Å². The highest BCUT2D eigenvalue weighted by atomic mass is 19.4. The number of aryl methyl sites for hydroxylation is 1. The largest absolute Gasteiger partial charge is 0.417 e. The molecule has 3 aromatic rings. The van der Waals surface area contributed by atoms with Gasteiger partial charge in [0.1, 0.15) is 11.2 Å². The maximum absolute atomic E-state index is 12.8. The van der Waals surface area contributed by atoms with Crippen LogP contribution in [0.4, 0.5) is 13.2 Å². The predicted octanol–water partition coefficient (Wildman–Crippen LogP) is 4.50. The fourth-order valence-corrected chi connectivity index (χ4v) is 4.06. The number of hydrogen-bond acceptors (Lipinski definition) is 4. The van der Waals surface area contributed by atoms with Gasteiger partial charge in [-0.3, -0.25) is 9.78 Å². The fraction of sp³-hybridized carbons (Fsp3) is 0.500. The molecule has 9 heteroatoms. The SMILES string of the molecule is Cc1nc2c(c(C3CCCCC3)nn2C(C)c2ccc(C(F)(F)F)cn2)c(=O)[nH]1. The van der Waals surface area contributed by atoms with Crippen LogP contribution in [0.1, 0.15) is 73.8 Å². The Morgan fingerprint density at radius 1 is 1.21 bits per heavy atom. The summed E-state index contributed by atoms with van der Waals surface area (Å²) >= 11 is 0. The lowest BCUT2D eigenvalue weighted by molar-refractivity contribution is -0.137. The highest BCUT2D eigenvalue weighted by Crippen LogP contribution is 2.36. The van der Waals surface area contributed by atoms with Gasteiger partial charge in [0.15, 0.2) is 5.65 Å². The Hall–Kier alpha value is -2.71. The van der Waals surface area contributed by atoms with Gasteiger partial charge in [-0.1, -0.05) is 19.3 Å². The molecule has 1 unspecified atom stereocenters. The summed E-state index contributed by atoms with van der Waals surface area (Å²) in [5.74, 6) is 0.650. The predicted molar refractivity (Wildman–Crippen MR) is 102 cm³/mol. The van der Waals surface area contributed by atoms with Crippen LogP contribution in [0.2, 0.25) is 0 Å². The third-order valence-corrected chi connectivity index (χ3v) is 5.61. The molecule has 0 saturated heterocycles. The number of nitrogens with zero attached hydrogens (tertiary/aromatic N) is 4. The molecule has 6 nitrogen and oxygen atoms in total. The van der Waals surface area contributed by atoms with Crippen molar-refractivity contribution in [1.82, 2.24) is 24.7 Å². The molecule has 1 atom stereocenters. The zero-order valence-electron chi connectivity index (χ0n) is 16.3. The topological polar surface area (TPSA) is 76.5 Å². The van der Waals surface area contributed by atoms with Crippen molar-refractivity contribution in [1.29, 1.82) is 0 Å². The van der Waals surface area contributed by atoms with E-state index in [-0.39, 0.29) is 11.5 Å². The molecule has 29 heavy (non-hydrogen) atoms. The van der Waals surface area contributed by atoms with Gasteiger partial charge in [0.25, 0.3) is 5.56 Å². The first-order valence-corrected chi connectivity index (χ1v) is 9.78. The molecule has 4 rings (SSSR count). The molecular weight excluding hydrogens is 383 g/mol. The van der Waals surface area contributed by atoms with Gasteiger partial charge in [0, 0.05) is 12.1 Å². The summed E-state index contributed by atoms with van der Waals surface area (Å²) in [4.78, 5) is 23.9. The van der Waals surface area contributed by atoms with E-state index in [4.69, 9.17) is 5.10 Å². The Kier molecular flexibility index (Phi) is 4.92. The van der Waals surface area contributed by atoms with E-state index in [0.717, 1.165) is 43.6 Å². The molecule has 1 aliphatic rings. The van der Waals surface area contributed by atoms with E-state index < -0.39 is 17.8 Å². The molecule has 0 spiro atoms. The summed E-state index contributed by atoms with van der Waals surface area (Å²) in [6.45, 7) is 3.49. The number of fused-ring (bicyclic) bond motifs is 1. The summed E-state index contributed by atoms with van der Waals surface area (Å²) in [6.07, 6.45) is 1.67. The average Bonchev–Trinajstić information content (AvgIpc) is 3.07. The molecule has 154 valence electrons. The van der Waals surface area contributed by atoms with E-state index >= 15 is 0 Å². The number of aromatic nitrogens is 5. The van der Waals surface area contributed by atoms with Crippen LogP contribution in [-0.4, -0.2) is 24.7 Å². The third-order valence-electron chi connectivity index (χ3n) is 5.61. The molecule has 1 aliphatic carbocycles. The van der Waals surface area contributed by atoms with E-state index in [1.807, 2.05) is 0 Å². The maximum atomic E-state index is 12.8. The van der Waals surface area contributed by atoms with Gasteiger partial charge in [-0.15, -0.1) is 0 Å². The minimum absolute atomic E-state index is 0.186. The summed E-state index contributed by atoms with van der Waals surface area (Å²) in [5.41, 5.74) is 0.574. The molecular formula is C20H22F3N5O. The Labute approximate surface area is 165 Å². The molecule has 0 aromatic carbocycles. The van der Waals surface area contributed by atoms with Gasteiger partial charge in [-0.05, 0) is 38.8 Å². The van der Waals surface area contributed by atoms with E-state index in [9.17, 15) is 18.0 Å². The number of H-pyrrole nitrogens is 1. The lowest BCUT2D eigenvalue weighted by Gasteiger charge is -2.19. The minimum atomic E-state index is -4.44. The van der Waals surface area contributed by atoms with Crippen LogP contribution < -0.4 is 5.56 Å². The number of aromatic amines is 1. The van der Waals surface area contributed by atoms with Crippen LogP contribution >= 0.6 is 0 Å². The molecule has 1 N–H and O–H groups in total. The highest BCUT2D eigenvalue weighted by molar-refractivity contribution is 5.78. The van der Waals surface area contributed by atoms with E-state index in [1.165, 1.54) is 12.5 Å². The van der Waals surface area contributed by atoms with E-state index in [2.05, 4.69) is 15.0 Å². The van der Waals surface area contributed by atoms with Gasteiger partial charge < -0.3 is 4.98 Å². The van der Waals surface area contributed by atoms with Crippen molar-refractivity contribution in [2.24, 2.45) is 0 Å².